The molecule has 0 aliphatic heterocycles. The van der Waals surface area contributed by atoms with Gasteiger partial charge in [-0.3, -0.25) is 0 Å². The normalized spacial score (nSPS) is 11.5. The van der Waals surface area contributed by atoms with Gasteiger partial charge >= 0.3 is 0 Å². The zero-order valence-corrected chi connectivity index (χ0v) is 14.4. The van der Waals surface area contributed by atoms with Crippen molar-refractivity contribution in [3.8, 4) is 5.75 Å². The SMILES string of the molecule is COc1ccc(S(=O)(=O)NCc2ccc(Cl)cc2Cl)c(C)c1. The molecule has 7 heteroatoms. The number of methoxy groups -OCH3 is 1. The van der Waals surface area contributed by atoms with Crippen LogP contribution in [-0.2, 0) is 16.6 Å². The standard InChI is InChI=1S/C15H15Cl2NO3S/c1-10-7-13(21-2)5-6-15(10)22(19,20)18-9-11-3-4-12(16)8-14(11)17/h3-8,18H,9H2,1-2H3. The van der Waals surface area contributed by atoms with Crippen molar-refractivity contribution in [1.29, 1.82) is 0 Å². The topological polar surface area (TPSA) is 55.4 Å². The highest BCUT2D eigenvalue weighted by atomic mass is 35.5. The lowest BCUT2D eigenvalue weighted by Crippen LogP contribution is -2.24. The quantitative estimate of drug-likeness (QED) is 0.883. The summed E-state index contributed by atoms with van der Waals surface area (Å²) < 4.78 is 32.4. The Hall–Kier alpha value is -1.27. The highest BCUT2D eigenvalue weighted by Gasteiger charge is 2.17. The molecule has 22 heavy (non-hydrogen) atoms. The van der Waals surface area contributed by atoms with Crippen LogP contribution < -0.4 is 9.46 Å². The fourth-order valence-corrected chi connectivity index (χ4v) is 3.67. The Morgan fingerprint density at radius 3 is 2.45 bits per heavy atom. The maximum absolute atomic E-state index is 12.4. The van der Waals surface area contributed by atoms with E-state index in [2.05, 4.69) is 4.72 Å². The molecule has 0 bridgehead atoms. The molecule has 0 spiro atoms. The number of nitrogens with one attached hydrogen (secondary N) is 1. The molecular formula is C15H15Cl2NO3S. The second kappa shape index (κ2) is 6.87. The van der Waals surface area contributed by atoms with Crippen molar-refractivity contribution in [2.75, 3.05) is 7.11 Å². The number of halogens is 2. The van der Waals surface area contributed by atoms with Crippen molar-refractivity contribution in [2.24, 2.45) is 0 Å². The van der Waals surface area contributed by atoms with Gasteiger partial charge in [-0.05, 0) is 48.4 Å². The number of ether oxygens (including phenoxy) is 1. The van der Waals surface area contributed by atoms with Crippen molar-refractivity contribution < 1.29 is 13.2 Å². The van der Waals surface area contributed by atoms with Gasteiger partial charge in [0.2, 0.25) is 10.0 Å². The first kappa shape index (κ1) is 17.1. The van der Waals surface area contributed by atoms with E-state index in [1.807, 2.05) is 0 Å². The molecule has 0 aliphatic carbocycles. The minimum Gasteiger partial charge on any atom is -0.497 e. The van der Waals surface area contributed by atoms with Gasteiger partial charge in [-0.2, -0.15) is 0 Å². The smallest absolute Gasteiger partial charge is 0.241 e. The average Bonchev–Trinajstić information content (AvgIpc) is 2.45. The Kier molecular flexibility index (Phi) is 5.34. The third-order valence-electron chi connectivity index (χ3n) is 3.14. The summed E-state index contributed by atoms with van der Waals surface area (Å²) in [5, 5.41) is 0.921. The fourth-order valence-electron chi connectivity index (χ4n) is 1.97. The minimum atomic E-state index is -3.64. The third-order valence-corrected chi connectivity index (χ3v) is 5.29. The molecule has 0 aliphatic rings. The van der Waals surface area contributed by atoms with Crippen LogP contribution in [0.2, 0.25) is 10.0 Å². The maximum Gasteiger partial charge on any atom is 0.241 e. The van der Waals surface area contributed by atoms with Crippen molar-refractivity contribution >= 4 is 33.2 Å². The predicted octanol–water partition coefficient (Wildman–Crippen LogP) is 3.79. The zero-order valence-electron chi connectivity index (χ0n) is 12.1. The lowest BCUT2D eigenvalue weighted by atomic mass is 10.2. The zero-order chi connectivity index (χ0) is 16.3. The maximum atomic E-state index is 12.4. The Bertz CT molecular complexity index is 791. The van der Waals surface area contributed by atoms with Gasteiger partial charge in [0, 0.05) is 16.6 Å². The van der Waals surface area contributed by atoms with Crippen LogP contribution in [0.4, 0.5) is 0 Å². The lowest BCUT2D eigenvalue weighted by Gasteiger charge is -2.11. The van der Waals surface area contributed by atoms with Gasteiger partial charge in [0.1, 0.15) is 5.75 Å². The first-order valence-electron chi connectivity index (χ1n) is 6.42. The van der Waals surface area contributed by atoms with E-state index in [1.165, 1.54) is 13.2 Å². The van der Waals surface area contributed by atoms with Gasteiger partial charge in [0.25, 0.3) is 0 Å². The summed E-state index contributed by atoms with van der Waals surface area (Å²) >= 11 is 11.9. The number of rotatable bonds is 5. The molecule has 0 unspecified atom stereocenters. The summed E-state index contributed by atoms with van der Waals surface area (Å²) in [6, 6.07) is 9.72. The molecule has 0 saturated carbocycles. The second-order valence-corrected chi connectivity index (χ2v) is 7.27. The summed E-state index contributed by atoms with van der Waals surface area (Å²) in [4.78, 5) is 0.207. The molecule has 0 aromatic heterocycles. The van der Waals surface area contributed by atoms with Crippen LogP contribution in [0, 0.1) is 6.92 Å². The van der Waals surface area contributed by atoms with Crippen molar-refractivity contribution in [3.05, 3.63) is 57.6 Å². The molecule has 2 aromatic carbocycles. The van der Waals surface area contributed by atoms with Crippen molar-refractivity contribution in [1.82, 2.24) is 4.72 Å². The van der Waals surface area contributed by atoms with Crippen LogP contribution in [0.25, 0.3) is 0 Å². The van der Waals surface area contributed by atoms with Crippen LogP contribution in [0.1, 0.15) is 11.1 Å². The molecule has 0 fully saturated rings. The van der Waals surface area contributed by atoms with E-state index in [0.29, 0.717) is 26.9 Å². The first-order valence-corrected chi connectivity index (χ1v) is 8.65. The summed E-state index contributed by atoms with van der Waals surface area (Å²) in [7, 11) is -2.11. The van der Waals surface area contributed by atoms with Crippen LogP contribution in [0.3, 0.4) is 0 Å². The summed E-state index contributed by atoms with van der Waals surface area (Å²) in [5.41, 5.74) is 1.26. The highest BCUT2D eigenvalue weighted by Crippen LogP contribution is 2.23. The number of hydrogen-bond acceptors (Lipinski definition) is 3. The van der Waals surface area contributed by atoms with Gasteiger partial charge in [-0.1, -0.05) is 29.3 Å². The average molecular weight is 360 g/mol. The summed E-state index contributed by atoms with van der Waals surface area (Å²) in [5.74, 6) is 0.609. The van der Waals surface area contributed by atoms with E-state index in [1.54, 1.807) is 37.3 Å². The van der Waals surface area contributed by atoms with Gasteiger partial charge < -0.3 is 4.74 Å². The van der Waals surface area contributed by atoms with Gasteiger partial charge in [0.05, 0.1) is 12.0 Å². The van der Waals surface area contributed by atoms with Crippen LogP contribution in [-0.4, -0.2) is 15.5 Å². The fraction of sp³-hybridized carbons (Fsp3) is 0.200. The molecule has 1 N–H and O–H groups in total. The number of sulfonamides is 1. The molecular weight excluding hydrogens is 345 g/mol. The van der Waals surface area contributed by atoms with Crippen LogP contribution in [0.15, 0.2) is 41.3 Å². The first-order chi connectivity index (χ1) is 10.3. The van der Waals surface area contributed by atoms with Crippen LogP contribution in [0.5, 0.6) is 5.75 Å². The van der Waals surface area contributed by atoms with Crippen molar-refractivity contribution in [3.63, 3.8) is 0 Å². The number of aryl methyl sites for hydroxylation is 1. The van der Waals surface area contributed by atoms with E-state index in [0.717, 1.165) is 0 Å². The molecule has 2 aromatic rings. The van der Waals surface area contributed by atoms with Gasteiger partial charge in [-0.15, -0.1) is 0 Å². The van der Waals surface area contributed by atoms with Crippen molar-refractivity contribution in [2.45, 2.75) is 18.4 Å². The van der Waals surface area contributed by atoms with Crippen LogP contribution >= 0.6 is 23.2 Å². The lowest BCUT2D eigenvalue weighted by molar-refractivity contribution is 0.414. The molecule has 0 atom stereocenters. The summed E-state index contributed by atoms with van der Waals surface area (Å²) in [6.07, 6.45) is 0. The Balaban J connectivity index is 2.21. The highest BCUT2D eigenvalue weighted by molar-refractivity contribution is 7.89. The molecule has 0 saturated heterocycles. The number of benzene rings is 2. The van der Waals surface area contributed by atoms with E-state index in [4.69, 9.17) is 27.9 Å². The largest absolute Gasteiger partial charge is 0.497 e. The molecule has 0 heterocycles. The van der Waals surface area contributed by atoms with E-state index >= 15 is 0 Å². The van der Waals surface area contributed by atoms with Gasteiger partial charge in [-0.25, -0.2) is 13.1 Å². The number of hydrogen-bond donors (Lipinski definition) is 1. The predicted molar refractivity (Wildman–Crippen MR) is 88.2 cm³/mol. The van der Waals surface area contributed by atoms with E-state index < -0.39 is 10.0 Å². The van der Waals surface area contributed by atoms with E-state index in [-0.39, 0.29) is 11.4 Å². The Morgan fingerprint density at radius 2 is 1.86 bits per heavy atom. The molecule has 2 rings (SSSR count). The summed E-state index contributed by atoms with van der Waals surface area (Å²) in [6.45, 7) is 1.80. The monoisotopic (exact) mass is 359 g/mol. The molecule has 118 valence electrons. The van der Waals surface area contributed by atoms with E-state index in [9.17, 15) is 8.42 Å². The molecule has 0 radical (unpaired) electrons. The molecule has 4 nitrogen and oxygen atoms in total. The third kappa shape index (κ3) is 3.93. The second-order valence-electron chi connectivity index (χ2n) is 4.69. The molecule has 0 amide bonds. The Labute approximate surface area is 140 Å². The minimum absolute atomic E-state index is 0.0871. The Morgan fingerprint density at radius 1 is 1.14 bits per heavy atom. The van der Waals surface area contributed by atoms with Gasteiger partial charge in [0.15, 0.2) is 0 Å².